The minimum atomic E-state index is -4.37. The number of rotatable bonds is 4. The molecule has 0 saturated carbocycles. The van der Waals surface area contributed by atoms with Crippen molar-refractivity contribution in [3.05, 3.63) is 23.8 Å². The third-order valence-corrected chi connectivity index (χ3v) is 3.83. The minimum Gasteiger partial charge on any atom is -0.482 e. The quantitative estimate of drug-likeness (QED) is 0.920. The van der Waals surface area contributed by atoms with Crippen LogP contribution in [0.5, 0.6) is 5.75 Å². The maximum absolute atomic E-state index is 12.4. The van der Waals surface area contributed by atoms with Gasteiger partial charge in [-0.25, -0.2) is 0 Å². The summed E-state index contributed by atoms with van der Waals surface area (Å²) in [6, 6.07) is 5.27. The zero-order valence-electron chi connectivity index (χ0n) is 13.2. The van der Waals surface area contributed by atoms with Gasteiger partial charge in [-0.1, -0.05) is 6.07 Å². The first-order chi connectivity index (χ1) is 10.7. The molecule has 1 aromatic carbocycles. The Hall–Kier alpha value is -1.92. The molecule has 1 fully saturated rings. The summed E-state index contributed by atoms with van der Waals surface area (Å²) in [5, 5.41) is 3.24. The molecule has 23 heavy (non-hydrogen) atoms. The van der Waals surface area contributed by atoms with Crippen LogP contribution in [0.4, 0.5) is 18.9 Å². The van der Waals surface area contributed by atoms with E-state index in [1.54, 1.807) is 24.0 Å². The summed E-state index contributed by atoms with van der Waals surface area (Å²) in [6.07, 6.45) is -2.85. The highest BCUT2D eigenvalue weighted by Crippen LogP contribution is 2.29. The fraction of sp³-hybridized carbons (Fsp3) is 0.562. The van der Waals surface area contributed by atoms with E-state index in [1.165, 1.54) is 6.92 Å². The average molecular weight is 330 g/mol. The second kappa shape index (κ2) is 7.10. The largest absolute Gasteiger partial charge is 0.482 e. The first-order valence-electron chi connectivity index (χ1n) is 7.57. The maximum atomic E-state index is 12.4. The molecule has 1 aromatic rings. The highest BCUT2D eigenvalue weighted by Gasteiger charge is 2.29. The molecule has 0 aromatic heterocycles. The summed E-state index contributed by atoms with van der Waals surface area (Å²) in [4.78, 5) is 13.1. The summed E-state index contributed by atoms with van der Waals surface area (Å²) in [6.45, 7) is 3.33. The molecular weight excluding hydrogens is 309 g/mol. The van der Waals surface area contributed by atoms with Crippen LogP contribution in [-0.2, 0) is 4.79 Å². The van der Waals surface area contributed by atoms with Gasteiger partial charge in [0.1, 0.15) is 5.75 Å². The Labute approximate surface area is 133 Å². The van der Waals surface area contributed by atoms with Crippen molar-refractivity contribution in [2.24, 2.45) is 0 Å². The number of carbonyl (C=O) groups excluding carboxylic acids is 1. The van der Waals surface area contributed by atoms with Crippen LogP contribution in [0.25, 0.3) is 0 Å². The molecule has 0 radical (unpaired) electrons. The number of hydrogen-bond donors (Lipinski definition) is 1. The van der Waals surface area contributed by atoms with Crippen molar-refractivity contribution in [3.8, 4) is 5.75 Å². The number of benzene rings is 1. The number of halogens is 3. The number of nitrogens with zero attached hydrogens (tertiary/aromatic N) is 1. The van der Waals surface area contributed by atoms with Gasteiger partial charge in [0, 0.05) is 26.1 Å². The molecule has 4 nitrogen and oxygen atoms in total. The van der Waals surface area contributed by atoms with E-state index in [2.05, 4.69) is 5.32 Å². The third kappa shape index (κ3) is 5.33. The van der Waals surface area contributed by atoms with Crippen LogP contribution >= 0.6 is 0 Å². The molecule has 0 aliphatic carbocycles. The van der Waals surface area contributed by atoms with Crippen molar-refractivity contribution in [2.75, 3.05) is 25.0 Å². The van der Waals surface area contributed by atoms with E-state index < -0.39 is 12.8 Å². The fourth-order valence-electron chi connectivity index (χ4n) is 2.59. The Balaban J connectivity index is 2.01. The van der Waals surface area contributed by atoms with Crippen LogP contribution in [0.1, 0.15) is 25.3 Å². The average Bonchev–Trinajstić information content (AvgIpc) is 2.47. The number of hydrogen-bond acceptors (Lipinski definition) is 3. The lowest BCUT2D eigenvalue weighted by molar-refractivity contribution is -0.153. The van der Waals surface area contributed by atoms with Gasteiger partial charge in [-0.2, -0.15) is 13.2 Å². The number of amides is 1. The van der Waals surface area contributed by atoms with E-state index >= 15 is 0 Å². The minimum absolute atomic E-state index is 0.0491. The fourth-order valence-corrected chi connectivity index (χ4v) is 2.59. The number of ether oxygens (including phenoxy) is 1. The number of likely N-dealkylation sites (tertiary alicyclic amines) is 1. The van der Waals surface area contributed by atoms with Crippen molar-refractivity contribution < 1.29 is 22.7 Å². The van der Waals surface area contributed by atoms with Crippen molar-refractivity contribution in [3.63, 3.8) is 0 Å². The first kappa shape index (κ1) is 17.4. The van der Waals surface area contributed by atoms with Gasteiger partial charge in [-0.15, -0.1) is 0 Å². The predicted octanol–water partition coefficient (Wildman–Crippen LogP) is 3.36. The third-order valence-electron chi connectivity index (χ3n) is 3.83. The Bertz CT molecular complexity index is 553. The van der Waals surface area contributed by atoms with E-state index in [-0.39, 0.29) is 17.7 Å². The lowest BCUT2D eigenvalue weighted by Gasteiger charge is -2.32. The molecular formula is C16H21F3N2O2. The molecule has 7 heteroatoms. The summed E-state index contributed by atoms with van der Waals surface area (Å²) >= 11 is 0. The first-order valence-corrected chi connectivity index (χ1v) is 7.57. The normalized spacial score (nSPS) is 16.3. The highest BCUT2D eigenvalue weighted by atomic mass is 19.4. The lowest BCUT2D eigenvalue weighted by atomic mass is 10.0. The van der Waals surface area contributed by atoms with Gasteiger partial charge in [0.15, 0.2) is 6.61 Å². The van der Waals surface area contributed by atoms with Crippen LogP contribution in [0.15, 0.2) is 18.2 Å². The smallest absolute Gasteiger partial charge is 0.422 e. The number of carbonyl (C=O) groups is 1. The molecule has 1 amide bonds. The molecule has 1 aliphatic rings. The Morgan fingerprint density at radius 2 is 2.00 bits per heavy atom. The topological polar surface area (TPSA) is 41.6 Å². The van der Waals surface area contributed by atoms with E-state index in [4.69, 9.17) is 4.74 Å². The van der Waals surface area contributed by atoms with E-state index in [1.807, 2.05) is 6.07 Å². The van der Waals surface area contributed by atoms with Gasteiger partial charge in [-0.3, -0.25) is 4.79 Å². The molecule has 128 valence electrons. The van der Waals surface area contributed by atoms with Gasteiger partial charge in [-0.05, 0) is 37.5 Å². The molecule has 1 N–H and O–H groups in total. The van der Waals surface area contributed by atoms with Crippen molar-refractivity contribution in [1.82, 2.24) is 4.90 Å². The SMILES string of the molecule is CC(=O)N1CCC(Nc2ccc(C)cc2OCC(F)(F)F)CC1. The second-order valence-electron chi connectivity index (χ2n) is 5.83. The summed E-state index contributed by atoms with van der Waals surface area (Å²) in [5.41, 5.74) is 1.39. The Morgan fingerprint density at radius 3 is 2.57 bits per heavy atom. The lowest BCUT2D eigenvalue weighted by Crippen LogP contribution is -2.41. The van der Waals surface area contributed by atoms with Crippen LogP contribution in [0, 0.1) is 6.92 Å². The molecule has 0 atom stereocenters. The highest BCUT2D eigenvalue weighted by molar-refractivity contribution is 5.73. The maximum Gasteiger partial charge on any atom is 0.422 e. The van der Waals surface area contributed by atoms with Gasteiger partial charge in [0.05, 0.1) is 5.69 Å². The number of aryl methyl sites for hydroxylation is 1. The predicted molar refractivity (Wildman–Crippen MR) is 81.6 cm³/mol. The standard InChI is InChI=1S/C16H21F3N2O2/c1-11-3-4-14(15(9-11)23-10-16(17,18)19)20-13-5-7-21(8-6-13)12(2)22/h3-4,9,13,20H,5-8,10H2,1-2H3. The Kier molecular flexibility index (Phi) is 5.38. The molecule has 1 heterocycles. The van der Waals surface area contributed by atoms with Crippen LogP contribution in [0.2, 0.25) is 0 Å². The van der Waals surface area contributed by atoms with Crippen molar-refractivity contribution in [1.29, 1.82) is 0 Å². The van der Waals surface area contributed by atoms with Gasteiger partial charge >= 0.3 is 6.18 Å². The number of anilines is 1. The van der Waals surface area contributed by atoms with E-state index in [0.717, 1.165) is 18.4 Å². The zero-order chi connectivity index (χ0) is 17.0. The molecule has 2 rings (SSSR count). The number of alkyl halides is 3. The molecule has 1 saturated heterocycles. The van der Waals surface area contributed by atoms with Crippen LogP contribution in [0.3, 0.4) is 0 Å². The van der Waals surface area contributed by atoms with Crippen LogP contribution < -0.4 is 10.1 Å². The van der Waals surface area contributed by atoms with Crippen molar-refractivity contribution in [2.45, 2.75) is 38.9 Å². The van der Waals surface area contributed by atoms with Gasteiger partial charge in [0.25, 0.3) is 0 Å². The van der Waals surface area contributed by atoms with E-state index in [0.29, 0.717) is 18.8 Å². The van der Waals surface area contributed by atoms with E-state index in [9.17, 15) is 18.0 Å². The monoisotopic (exact) mass is 330 g/mol. The molecule has 1 aliphatic heterocycles. The summed E-state index contributed by atoms with van der Waals surface area (Å²) in [7, 11) is 0. The molecule has 0 bridgehead atoms. The number of piperidine rings is 1. The number of nitrogens with one attached hydrogen (secondary N) is 1. The van der Waals surface area contributed by atoms with Gasteiger partial charge < -0.3 is 15.0 Å². The zero-order valence-corrected chi connectivity index (χ0v) is 13.2. The van der Waals surface area contributed by atoms with Crippen LogP contribution in [-0.4, -0.2) is 42.7 Å². The summed E-state index contributed by atoms with van der Waals surface area (Å²) in [5.74, 6) is 0.254. The molecule has 0 spiro atoms. The molecule has 0 unspecified atom stereocenters. The second-order valence-corrected chi connectivity index (χ2v) is 5.83. The van der Waals surface area contributed by atoms with Gasteiger partial charge in [0.2, 0.25) is 5.91 Å². The van der Waals surface area contributed by atoms with Crippen molar-refractivity contribution >= 4 is 11.6 Å². The summed E-state index contributed by atoms with van der Waals surface area (Å²) < 4.78 is 42.0. The Morgan fingerprint density at radius 1 is 1.35 bits per heavy atom.